The van der Waals surface area contributed by atoms with Gasteiger partial charge < -0.3 is 14.8 Å². The van der Waals surface area contributed by atoms with Crippen LogP contribution in [0.25, 0.3) is 6.08 Å². The van der Waals surface area contributed by atoms with Crippen LogP contribution in [0.15, 0.2) is 47.4 Å². The number of hydrogen-bond acceptors (Lipinski definition) is 6. The van der Waals surface area contributed by atoms with Gasteiger partial charge in [0.2, 0.25) is 5.91 Å². The number of nitrogens with one attached hydrogen (secondary N) is 1. The van der Waals surface area contributed by atoms with Gasteiger partial charge >= 0.3 is 6.18 Å². The number of alkyl halides is 3. The van der Waals surface area contributed by atoms with E-state index in [0.717, 1.165) is 12.1 Å². The molecule has 1 aliphatic rings. The lowest BCUT2D eigenvalue weighted by Gasteiger charge is -2.15. The highest BCUT2D eigenvalue weighted by Gasteiger charge is 2.37. The molecule has 0 unspecified atom stereocenters. The summed E-state index contributed by atoms with van der Waals surface area (Å²) in [5, 5.41) is 1.41. The van der Waals surface area contributed by atoms with Crippen LogP contribution < -0.4 is 14.8 Å². The van der Waals surface area contributed by atoms with Gasteiger partial charge in [0.05, 0.1) is 30.4 Å². The highest BCUT2D eigenvalue weighted by molar-refractivity contribution is 8.18. The van der Waals surface area contributed by atoms with Gasteiger partial charge in [-0.25, -0.2) is 0 Å². The molecule has 0 bridgehead atoms. The van der Waals surface area contributed by atoms with E-state index in [1.807, 2.05) is 0 Å². The molecule has 3 rings (SSSR count). The molecule has 1 heterocycles. The number of carbonyl (C=O) groups excluding carboxylic acids is 3. The summed E-state index contributed by atoms with van der Waals surface area (Å²) in [6, 6.07) is 9.31. The van der Waals surface area contributed by atoms with Gasteiger partial charge in [-0.2, -0.15) is 13.2 Å². The topological polar surface area (TPSA) is 84.9 Å². The number of anilines is 1. The van der Waals surface area contributed by atoms with Crippen LogP contribution >= 0.6 is 11.8 Å². The van der Waals surface area contributed by atoms with Crippen molar-refractivity contribution < 1.29 is 37.0 Å². The lowest BCUT2D eigenvalue weighted by Crippen LogP contribution is -2.36. The number of ether oxygens (including phenoxy) is 2. The molecule has 0 atom stereocenters. The summed E-state index contributed by atoms with van der Waals surface area (Å²) in [6.07, 6.45) is -3.22. The summed E-state index contributed by atoms with van der Waals surface area (Å²) in [4.78, 5) is 37.9. The fourth-order valence-electron chi connectivity index (χ4n) is 2.90. The van der Waals surface area contributed by atoms with Gasteiger partial charge in [0, 0.05) is 0 Å². The molecule has 0 aromatic heterocycles. The minimum Gasteiger partial charge on any atom is -0.493 e. The van der Waals surface area contributed by atoms with E-state index in [-0.39, 0.29) is 4.91 Å². The Morgan fingerprint density at radius 2 is 1.78 bits per heavy atom. The predicted octanol–water partition coefficient (Wildman–Crippen LogP) is 4.40. The summed E-state index contributed by atoms with van der Waals surface area (Å²) in [5.41, 5.74) is -0.939. The molecule has 0 aliphatic carbocycles. The molecule has 1 N–H and O–H groups in total. The summed E-state index contributed by atoms with van der Waals surface area (Å²) in [5.74, 6) is -0.762. The molecule has 168 valence electrons. The summed E-state index contributed by atoms with van der Waals surface area (Å²) < 4.78 is 49.6. The second-order valence-corrected chi connectivity index (χ2v) is 7.47. The number of hydrogen-bond donors (Lipinski definition) is 1. The smallest absolute Gasteiger partial charge is 0.418 e. The van der Waals surface area contributed by atoms with E-state index in [2.05, 4.69) is 5.32 Å². The summed E-state index contributed by atoms with van der Waals surface area (Å²) in [7, 11) is 2.92. The number of methoxy groups -OCH3 is 2. The minimum absolute atomic E-state index is 0.0608. The molecule has 7 nitrogen and oxygen atoms in total. The molecular weight excluding hydrogens is 449 g/mol. The Balaban J connectivity index is 1.75. The van der Waals surface area contributed by atoms with Crippen LogP contribution in [0, 0.1) is 0 Å². The van der Waals surface area contributed by atoms with Crippen molar-refractivity contribution in [2.45, 2.75) is 6.18 Å². The van der Waals surface area contributed by atoms with Gasteiger partial charge in [-0.3, -0.25) is 19.3 Å². The van der Waals surface area contributed by atoms with Crippen LogP contribution in [0.1, 0.15) is 11.1 Å². The molecule has 1 aliphatic heterocycles. The first kappa shape index (κ1) is 23.2. The molecule has 1 fully saturated rings. The predicted molar refractivity (Wildman–Crippen MR) is 112 cm³/mol. The van der Waals surface area contributed by atoms with Gasteiger partial charge in [-0.15, -0.1) is 0 Å². The SMILES string of the molecule is COc1ccc(/C=C2\SC(=O)N(CC(=O)Nc3ccccc3C(F)(F)F)C2=O)cc1OC. The Labute approximate surface area is 185 Å². The van der Waals surface area contributed by atoms with E-state index in [1.165, 1.54) is 32.4 Å². The molecule has 0 spiro atoms. The summed E-state index contributed by atoms with van der Waals surface area (Å²) >= 11 is 0.622. The Hall–Kier alpha value is -3.47. The van der Waals surface area contributed by atoms with E-state index >= 15 is 0 Å². The Kier molecular flexibility index (Phi) is 6.78. The molecule has 0 saturated carbocycles. The number of halogens is 3. The highest BCUT2D eigenvalue weighted by atomic mass is 32.2. The number of rotatable bonds is 6. The molecule has 2 aromatic carbocycles. The van der Waals surface area contributed by atoms with Gasteiger partial charge in [0.15, 0.2) is 11.5 Å². The monoisotopic (exact) mass is 466 g/mol. The van der Waals surface area contributed by atoms with Crippen molar-refractivity contribution in [3.63, 3.8) is 0 Å². The van der Waals surface area contributed by atoms with Crippen molar-refractivity contribution in [2.24, 2.45) is 0 Å². The number of amides is 3. The average molecular weight is 466 g/mol. The van der Waals surface area contributed by atoms with E-state index in [4.69, 9.17) is 9.47 Å². The maximum atomic E-state index is 13.1. The fraction of sp³-hybridized carbons (Fsp3) is 0.190. The minimum atomic E-state index is -4.67. The van der Waals surface area contributed by atoms with Gasteiger partial charge in [-0.1, -0.05) is 18.2 Å². The first-order valence-electron chi connectivity index (χ1n) is 9.07. The molecule has 3 amide bonds. The standard InChI is InChI=1S/C21H17F3N2O5S/c1-30-15-8-7-12(9-16(15)31-2)10-17-19(28)26(20(29)32-17)11-18(27)25-14-6-4-3-5-13(14)21(22,23)24/h3-10H,11H2,1-2H3,(H,25,27)/b17-10-. The van der Waals surface area contributed by atoms with Crippen molar-refractivity contribution in [1.82, 2.24) is 4.90 Å². The molecule has 32 heavy (non-hydrogen) atoms. The molecule has 11 heteroatoms. The van der Waals surface area contributed by atoms with Crippen LogP contribution in [-0.4, -0.2) is 42.7 Å². The number of imide groups is 1. The second kappa shape index (κ2) is 9.35. The summed E-state index contributed by atoms with van der Waals surface area (Å²) in [6.45, 7) is -0.722. The van der Waals surface area contributed by atoms with Crippen LogP contribution in [-0.2, 0) is 15.8 Å². The van der Waals surface area contributed by atoms with Crippen LogP contribution in [0.3, 0.4) is 0 Å². The third kappa shape index (κ3) is 5.05. The van der Waals surface area contributed by atoms with Crippen molar-refractivity contribution in [3.8, 4) is 11.5 Å². The van der Waals surface area contributed by atoms with E-state index in [0.29, 0.717) is 33.7 Å². The van der Waals surface area contributed by atoms with Gasteiger partial charge in [-0.05, 0) is 47.7 Å². The maximum Gasteiger partial charge on any atom is 0.418 e. The first-order valence-corrected chi connectivity index (χ1v) is 9.89. The number of para-hydroxylation sites is 1. The largest absolute Gasteiger partial charge is 0.493 e. The van der Waals surface area contributed by atoms with Crippen molar-refractivity contribution in [3.05, 3.63) is 58.5 Å². The number of thioether (sulfide) groups is 1. The molecule has 0 radical (unpaired) electrons. The zero-order chi connectivity index (χ0) is 23.5. The third-order valence-electron chi connectivity index (χ3n) is 4.39. The number of carbonyl (C=O) groups is 3. The highest BCUT2D eigenvalue weighted by Crippen LogP contribution is 2.36. The second-order valence-electron chi connectivity index (χ2n) is 6.47. The fourth-order valence-corrected chi connectivity index (χ4v) is 3.74. The van der Waals surface area contributed by atoms with E-state index in [1.54, 1.807) is 18.2 Å². The van der Waals surface area contributed by atoms with E-state index < -0.39 is 41.0 Å². The van der Waals surface area contributed by atoms with Crippen molar-refractivity contribution >= 4 is 40.6 Å². The molecule has 2 aromatic rings. The number of benzene rings is 2. The quantitative estimate of drug-likeness (QED) is 0.636. The Morgan fingerprint density at radius 1 is 1.09 bits per heavy atom. The average Bonchev–Trinajstić information content (AvgIpc) is 3.00. The van der Waals surface area contributed by atoms with Crippen LogP contribution in [0.2, 0.25) is 0 Å². The maximum absolute atomic E-state index is 13.1. The van der Waals surface area contributed by atoms with Crippen LogP contribution in [0.4, 0.5) is 23.7 Å². The normalized spacial score (nSPS) is 15.3. The van der Waals surface area contributed by atoms with Crippen molar-refractivity contribution in [1.29, 1.82) is 0 Å². The zero-order valence-electron chi connectivity index (χ0n) is 16.9. The number of nitrogens with zero attached hydrogens (tertiary/aromatic N) is 1. The zero-order valence-corrected chi connectivity index (χ0v) is 17.7. The lowest BCUT2D eigenvalue weighted by molar-refractivity contribution is -0.137. The Morgan fingerprint density at radius 3 is 2.44 bits per heavy atom. The van der Waals surface area contributed by atoms with Crippen LogP contribution in [0.5, 0.6) is 11.5 Å². The first-order chi connectivity index (χ1) is 15.1. The molecular formula is C21H17F3N2O5S. The van der Waals surface area contributed by atoms with Gasteiger partial charge in [0.1, 0.15) is 6.54 Å². The lowest BCUT2D eigenvalue weighted by atomic mass is 10.1. The molecule has 1 saturated heterocycles. The van der Waals surface area contributed by atoms with Gasteiger partial charge in [0.25, 0.3) is 11.1 Å². The van der Waals surface area contributed by atoms with E-state index in [9.17, 15) is 27.6 Å². The third-order valence-corrected chi connectivity index (χ3v) is 5.29. The Bertz CT molecular complexity index is 1100. The van der Waals surface area contributed by atoms with Crippen molar-refractivity contribution in [2.75, 3.05) is 26.1 Å².